The van der Waals surface area contributed by atoms with Crippen molar-refractivity contribution in [2.75, 3.05) is 31.4 Å². The van der Waals surface area contributed by atoms with E-state index in [9.17, 15) is 19.2 Å². The molecular formula is C15H24N2O5S2. The van der Waals surface area contributed by atoms with Crippen molar-refractivity contribution in [3.8, 4) is 0 Å². The van der Waals surface area contributed by atoms with Gasteiger partial charge in [0, 0.05) is 25.1 Å². The van der Waals surface area contributed by atoms with Crippen molar-refractivity contribution in [1.29, 1.82) is 0 Å². The lowest BCUT2D eigenvalue weighted by Crippen LogP contribution is -2.35. The second-order valence-corrected chi connectivity index (χ2v) is 7.44. The summed E-state index contributed by atoms with van der Waals surface area (Å²) in [5.41, 5.74) is 0. The molecule has 1 rings (SSSR count). The summed E-state index contributed by atoms with van der Waals surface area (Å²) in [4.78, 5) is 48.1. The van der Waals surface area contributed by atoms with Crippen molar-refractivity contribution < 1.29 is 23.9 Å². The molecule has 2 atom stereocenters. The molecule has 0 spiro atoms. The standard InChI is InChI=1S/C15H24N2O5S2/c1-10(9-16-12(18)5-7-23-2)22-14(20)4-6-17-13(19)8-11(24-3)15(17)21/h10-11H,4-9H2,1-3H3,(H,16,18). The summed E-state index contributed by atoms with van der Waals surface area (Å²) in [6, 6.07) is 0. The Balaban J connectivity index is 2.27. The lowest BCUT2D eigenvalue weighted by molar-refractivity contribution is -0.149. The molecule has 3 amide bonds. The molecule has 0 aliphatic carbocycles. The lowest BCUT2D eigenvalue weighted by Gasteiger charge is -2.16. The number of ether oxygens (including phenoxy) is 1. The average Bonchev–Trinajstić information content (AvgIpc) is 2.82. The molecule has 24 heavy (non-hydrogen) atoms. The van der Waals surface area contributed by atoms with Crippen LogP contribution in [0.25, 0.3) is 0 Å². The first-order valence-corrected chi connectivity index (χ1v) is 10.4. The first-order chi connectivity index (χ1) is 11.4. The molecule has 0 bridgehead atoms. The van der Waals surface area contributed by atoms with E-state index in [-0.39, 0.29) is 48.9 Å². The Morgan fingerprint density at radius 1 is 1.33 bits per heavy atom. The van der Waals surface area contributed by atoms with Crippen LogP contribution >= 0.6 is 23.5 Å². The number of thioether (sulfide) groups is 2. The molecular weight excluding hydrogens is 352 g/mol. The van der Waals surface area contributed by atoms with Crippen molar-refractivity contribution in [3.63, 3.8) is 0 Å². The second kappa shape index (κ2) is 10.6. The van der Waals surface area contributed by atoms with Crippen molar-refractivity contribution in [2.24, 2.45) is 0 Å². The van der Waals surface area contributed by atoms with Crippen LogP contribution in [0.4, 0.5) is 0 Å². The monoisotopic (exact) mass is 376 g/mol. The number of esters is 1. The largest absolute Gasteiger partial charge is 0.461 e. The van der Waals surface area contributed by atoms with E-state index in [0.717, 1.165) is 10.7 Å². The van der Waals surface area contributed by atoms with Crippen LogP contribution < -0.4 is 5.32 Å². The summed E-state index contributed by atoms with van der Waals surface area (Å²) in [5.74, 6) is -0.317. The summed E-state index contributed by atoms with van der Waals surface area (Å²) in [7, 11) is 0. The highest BCUT2D eigenvalue weighted by Crippen LogP contribution is 2.23. The van der Waals surface area contributed by atoms with E-state index in [4.69, 9.17) is 4.74 Å². The molecule has 136 valence electrons. The molecule has 1 heterocycles. The molecule has 1 fully saturated rings. The SMILES string of the molecule is CSCCC(=O)NCC(C)OC(=O)CCN1C(=O)CC(SC)C1=O. The number of hydrogen-bond acceptors (Lipinski definition) is 7. The molecule has 1 aliphatic rings. The molecule has 1 saturated heterocycles. The number of nitrogens with zero attached hydrogens (tertiary/aromatic N) is 1. The van der Waals surface area contributed by atoms with E-state index in [1.54, 1.807) is 24.9 Å². The van der Waals surface area contributed by atoms with E-state index < -0.39 is 12.1 Å². The zero-order valence-electron chi connectivity index (χ0n) is 14.2. The summed E-state index contributed by atoms with van der Waals surface area (Å²) < 4.78 is 5.18. The van der Waals surface area contributed by atoms with Crippen molar-refractivity contribution >= 4 is 47.2 Å². The number of nitrogens with one attached hydrogen (secondary N) is 1. The minimum absolute atomic E-state index is 0.0384. The third-order valence-corrected chi connectivity index (χ3v) is 5.03. The van der Waals surface area contributed by atoms with Crippen molar-refractivity contribution in [3.05, 3.63) is 0 Å². The fraction of sp³-hybridized carbons (Fsp3) is 0.733. The van der Waals surface area contributed by atoms with E-state index in [0.29, 0.717) is 6.42 Å². The van der Waals surface area contributed by atoms with Gasteiger partial charge in [0.1, 0.15) is 6.10 Å². The highest BCUT2D eigenvalue weighted by atomic mass is 32.2. The van der Waals surface area contributed by atoms with E-state index in [1.165, 1.54) is 11.8 Å². The maximum atomic E-state index is 11.9. The van der Waals surface area contributed by atoms with Crippen LogP contribution in [-0.4, -0.2) is 71.3 Å². The minimum Gasteiger partial charge on any atom is -0.461 e. The van der Waals surface area contributed by atoms with Crippen molar-refractivity contribution in [1.82, 2.24) is 10.2 Å². The predicted octanol–water partition coefficient (Wildman–Crippen LogP) is 0.668. The average molecular weight is 377 g/mol. The Labute approximate surface area is 150 Å². The normalized spacial score (nSPS) is 18.6. The van der Waals surface area contributed by atoms with Gasteiger partial charge in [0.15, 0.2) is 0 Å². The highest BCUT2D eigenvalue weighted by molar-refractivity contribution is 8.00. The molecule has 9 heteroatoms. The number of likely N-dealkylation sites (tertiary alicyclic amines) is 1. The number of carbonyl (C=O) groups is 4. The number of amides is 3. The van der Waals surface area contributed by atoms with Gasteiger partial charge in [-0.3, -0.25) is 24.1 Å². The first-order valence-electron chi connectivity index (χ1n) is 7.71. The van der Waals surface area contributed by atoms with Crippen LogP contribution in [0.5, 0.6) is 0 Å². The Bertz CT molecular complexity index is 486. The van der Waals surface area contributed by atoms with Gasteiger partial charge in [-0.05, 0) is 19.4 Å². The maximum absolute atomic E-state index is 11.9. The van der Waals surface area contributed by atoms with Crippen LogP contribution in [-0.2, 0) is 23.9 Å². The van der Waals surface area contributed by atoms with Crippen LogP contribution in [0.3, 0.4) is 0 Å². The van der Waals surface area contributed by atoms with E-state index in [2.05, 4.69) is 5.32 Å². The molecule has 1 N–H and O–H groups in total. The zero-order chi connectivity index (χ0) is 18.1. The smallest absolute Gasteiger partial charge is 0.307 e. The summed E-state index contributed by atoms with van der Waals surface area (Å²) in [6.45, 7) is 1.97. The van der Waals surface area contributed by atoms with Gasteiger partial charge in [0.2, 0.25) is 17.7 Å². The minimum atomic E-state index is -0.492. The van der Waals surface area contributed by atoms with E-state index in [1.807, 2.05) is 6.26 Å². The number of carbonyl (C=O) groups excluding carboxylic acids is 4. The Kier molecular flexibility index (Phi) is 9.20. The zero-order valence-corrected chi connectivity index (χ0v) is 15.8. The molecule has 0 aromatic carbocycles. The molecule has 2 unspecified atom stereocenters. The van der Waals surface area contributed by atoms with Gasteiger partial charge < -0.3 is 10.1 Å². The Morgan fingerprint density at radius 2 is 2.04 bits per heavy atom. The first kappa shape index (κ1) is 20.8. The quantitative estimate of drug-likeness (QED) is 0.442. The van der Waals surface area contributed by atoms with Gasteiger partial charge >= 0.3 is 5.97 Å². The summed E-state index contributed by atoms with van der Waals surface area (Å²) >= 11 is 2.93. The van der Waals surface area contributed by atoms with Gasteiger partial charge in [-0.25, -0.2) is 0 Å². The van der Waals surface area contributed by atoms with Gasteiger partial charge in [-0.15, -0.1) is 0 Å². The van der Waals surface area contributed by atoms with Gasteiger partial charge in [0.05, 0.1) is 18.2 Å². The van der Waals surface area contributed by atoms with Crippen LogP contribution in [0.1, 0.15) is 26.2 Å². The summed E-state index contributed by atoms with van der Waals surface area (Å²) in [5, 5.41) is 2.35. The van der Waals surface area contributed by atoms with Crippen LogP contribution in [0.2, 0.25) is 0 Å². The molecule has 0 saturated carbocycles. The number of rotatable bonds is 10. The van der Waals surface area contributed by atoms with Gasteiger partial charge in [-0.2, -0.15) is 23.5 Å². The molecule has 0 radical (unpaired) electrons. The Hall–Kier alpha value is -1.22. The fourth-order valence-electron chi connectivity index (χ4n) is 2.14. The third kappa shape index (κ3) is 6.72. The van der Waals surface area contributed by atoms with Crippen molar-refractivity contribution in [2.45, 2.75) is 37.5 Å². The lowest BCUT2D eigenvalue weighted by atomic mass is 10.3. The van der Waals surface area contributed by atoms with Crippen LogP contribution in [0, 0.1) is 0 Å². The third-order valence-electron chi connectivity index (χ3n) is 3.48. The Morgan fingerprint density at radius 3 is 2.62 bits per heavy atom. The fourth-order valence-corrected chi connectivity index (χ4v) is 3.17. The molecule has 7 nitrogen and oxygen atoms in total. The van der Waals surface area contributed by atoms with Crippen LogP contribution in [0.15, 0.2) is 0 Å². The molecule has 0 aromatic rings. The van der Waals surface area contributed by atoms with E-state index >= 15 is 0 Å². The molecule has 1 aliphatic heterocycles. The second-order valence-electron chi connectivity index (χ2n) is 5.41. The predicted molar refractivity (Wildman–Crippen MR) is 94.8 cm³/mol. The topological polar surface area (TPSA) is 92.8 Å². The number of imide groups is 1. The molecule has 0 aromatic heterocycles. The summed E-state index contributed by atoms with van der Waals surface area (Å²) in [6.07, 6.45) is 3.83. The van der Waals surface area contributed by atoms with Gasteiger partial charge in [-0.1, -0.05) is 0 Å². The maximum Gasteiger partial charge on any atom is 0.307 e. The highest BCUT2D eigenvalue weighted by Gasteiger charge is 2.37. The number of hydrogen-bond donors (Lipinski definition) is 1. The van der Waals surface area contributed by atoms with Gasteiger partial charge in [0.25, 0.3) is 0 Å².